The zero-order chi connectivity index (χ0) is 3.58. The fourth-order valence-electron chi connectivity index (χ4n) is 0. The standard InChI is InChI=1S/CH2ClNS.ClH/c2-1(3)4;/h(H2,3,4);1H. The van der Waals surface area contributed by atoms with Crippen molar-refractivity contribution in [3.63, 3.8) is 0 Å². The van der Waals surface area contributed by atoms with E-state index in [0.717, 1.165) is 0 Å². The predicted octanol–water partition coefficient (Wildman–Crippen LogP) is 0.891. The molecule has 0 aromatic rings. The maximum atomic E-state index is 4.78. The Morgan fingerprint density at radius 3 is 1.80 bits per heavy atom. The first kappa shape index (κ1) is 9.08. The first-order valence-electron chi connectivity index (χ1n) is 0.682. The van der Waals surface area contributed by atoms with E-state index in [4.69, 9.17) is 11.6 Å². The number of hydrogen-bond acceptors (Lipinski definition) is 1. The van der Waals surface area contributed by atoms with Gasteiger partial charge in [-0.3, -0.25) is 0 Å². The van der Waals surface area contributed by atoms with E-state index in [2.05, 4.69) is 18.0 Å². The van der Waals surface area contributed by atoms with Crippen LogP contribution in [0.1, 0.15) is 0 Å². The molecule has 0 radical (unpaired) electrons. The molecule has 0 aliphatic heterocycles. The molecule has 0 atom stereocenters. The van der Waals surface area contributed by atoms with Gasteiger partial charge in [-0.05, 0) is 12.2 Å². The van der Waals surface area contributed by atoms with Crippen LogP contribution in [0.2, 0.25) is 0 Å². The fourth-order valence-corrected chi connectivity index (χ4v) is 0. The van der Waals surface area contributed by atoms with Crippen molar-refractivity contribution < 1.29 is 0 Å². The fraction of sp³-hybridized carbons (Fsp3) is 0. The molecule has 0 fully saturated rings. The molecule has 0 aliphatic carbocycles. The summed E-state index contributed by atoms with van der Waals surface area (Å²) in [6.45, 7) is 0. The van der Waals surface area contributed by atoms with Gasteiger partial charge in [0.25, 0.3) is 0 Å². The van der Waals surface area contributed by atoms with Crippen molar-refractivity contribution in [2.75, 3.05) is 0 Å². The van der Waals surface area contributed by atoms with Crippen molar-refractivity contribution in [1.82, 2.24) is 0 Å². The van der Waals surface area contributed by atoms with Crippen LogP contribution in [0.25, 0.3) is 0 Å². The van der Waals surface area contributed by atoms with Gasteiger partial charge in [-0.1, -0.05) is 11.6 Å². The maximum Gasteiger partial charge on any atom is 0.164 e. The molecule has 0 saturated carbocycles. The van der Waals surface area contributed by atoms with Crippen LogP contribution in [-0.2, 0) is 0 Å². The van der Waals surface area contributed by atoms with Crippen molar-refractivity contribution in [2.45, 2.75) is 0 Å². The first-order valence-corrected chi connectivity index (χ1v) is 1.47. The molecule has 0 aliphatic rings. The number of thiocarbonyl (C=S) groups is 1. The Hall–Kier alpha value is 0.470. The summed E-state index contributed by atoms with van der Waals surface area (Å²) >= 11 is 8.86. The molecule has 4 heteroatoms. The Bertz CT molecular complexity index is 32.6. The lowest BCUT2D eigenvalue weighted by Gasteiger charge is -1.61. The predicted molar refractivity (Wildman–Crippen MR) is 29.9 cm³/mol. The van der Waals surface area contributed by atoms with Crippen molar-refractivity contribution in [1.29, 1.82) is 0 Å². The molecular weight excluding hydrogens is 129 g/mol. The number of halogens is 2. The molecular formula is CH3Cl2NS. The van der Waals surface area contributed by atoms with Gasteiger partial charge in [0, 0.05) is 0 Å². The van der Waals surface area contributed by atoms with Crippen molar-refractivity contribution in [3.05, 3.63) is 0 Å². The van der Waals surface area contributed by atoms with E-state index in [9.17, 15) is 0 Å². The van der Waals surface area contributed by atoms with Crippen LogP contribution in [-0.4, -0.2) is 4.45 Å². The largest absolute Gasteiger partial charge is 0.380 e. The Morgan fingerprint density at radius 2 is 1.80 bits per heavy atom. The third kappa shape index (κ3) is 123. The van der Waals surface area contributed by atoms with Gasteiger partial charge in [0.2, 0.25) is 0 Å². The molecule has 0 rings (SSSR count). The van der Waals surface area contributed by atoms with Crippen LogP contribution in [0, 0.1) is 0 Å². The highest BCUT2D eigenvalue weighted by Crippen LogP contribution is 1.65. The van der Waals surface area contributed by atoms with Crippen molar-refractivity contribution >= 4 is 40.7 Å². The summed E-state index contributed by atoms with van der Waals surface area (Å²) in [4.78, 5) is 0. The second-order valence-corrected chi connectivity index (χ2v) is 1.38. The minimum Gasteiger partial charge on any atom is -0.380 e. The van der Waals surface area contributed by atoms with Crippen LogP contribution in [0.4, 0.5) is 0 Å². The lowest BCUT2D eigenvalue weighted by atomic mass is 11.5. The van der Waals surface area contributed by atoms with E-state index in [1.165, 1.54) is 0 Å². The topological polar surface area (TPSA) is 26.0 Å². The van der Waals surface area contributed by atoms with Crippen LogP contribution >= 0.6 is 36.2 Å². The number of hydrogen-bond donors (Lipinski definition) is 1. The van der Waals surface area contributed by atoms with Gasteiger partial charge in [0.15, 0.2) is 4.45 Å². The SMILES string of the molecule is Cl.NC(=S)Cl. The summed E-state index contributed by atoms with van der Waals surface area (Å²) < 4.78 is -0.0278. The Kier molecular flexibility index (Phi) is 8.11. The van der Waals surface area contributed by atoms with Crippen molar-refractivity contribution in [2.24, 2.45) is 5.73 Å². The van der Waals surface area contributed by atoms with Gasteiger partial charge >= 0.3 is 0 Å². The van der Waals surface area contributed by atoms with E-state index in [1.54, 1.807) is 0 Å². The van der Waals surface area contributed by atoms with Gasteiger partial charge in [-0.2, -0.15) is 0 Å². The molecule has 1 nitrogen and oxygen atoms in total. The van der Waals surface area contributed by atoms with E-state index >= 15 is 0 Å². The first-order chi connectivity index (χ1) is 1.73. The maximum absolute atomic E-state index is 4.78. The summed E-state index contributed by atoms with van der Waals surface area (Å²) in [5, 5.41) is 0. The zero-order valence-electron chi connectivity index (χ0n) is 2.27. The smallest absolute Gasteiger partial charge is 0.164 e. The minimum absolute atomic E-state index is 0. The monoisotopic (exact) mass is 131 g/mol. The molecule has 0 saturated heterocycles. The third-order valence-electron chi connectivity index (χ3n) is 0. The molecule has 0 spiro atoms. The van der Waals surface area contributed by atoms with Gasteiger partial charge in [-0.15, -0.1) is 12.4 Å². The summed E-state index contributed by atoms with van der Waals surface area (Å²) in [5.74, 6) is 0. The molecule has 0 bridgehead atoms. The third-order valence-corrected chi connectivity index (χ3v) is 0. The molecule has 0 aromatic heterocycles. The van der Waals surface area contributed by atoms with Crippen LogP contribution in [0.5, 0.6) is 0 Å². The van der Waals surface area contributed by atoms with Gasteiger partial charge in [0.05, 0.1) is 0 Å². The molecule has 32 valence electrons. The van der Waals surface area contributed by atoms with Crippen molar-refractivity contribution in [3.8, 4) is 0 Å². The Balaban J connectivity index is 0. The van der Waals surface area contributed by atoms with E-state index in [0.29, 0.717) is 0 Å². The highest BCUT2D eigenvalue weighted by atomic mass is 35.5. The molecule has 0 heterocycles. The second kappa shape index (κ2) is 4.47. The normalized spacial score (nSPS) is 5.00. The van der Waals surface area contributed by atoms with Crippen LogP contribution in [0.3, 0.4) is 0 Å². The lowest BCUT2D eigenvalue weighted by Crippen LogP contribution is -1.94. The minimum atomic E-state index is -0.0278. The lowest BCUT2D eigenvalue weighted by molar-refractivity contribution is 1.90. The molecule has 0 aromatic carbocycles. The second-order valence-electron chi connectivity index (χ2n) is 0.304. The molecule has 0 amide bonds. The molecule has 5 heavy (non-hydrogen) atoms. The molecule has 0 unspecified atom stereocenters. The summed E-state index contributed by atoms with van der Waals surface area (Å²) in [6, 6.07) is 0. The number of nitrogens with two attached hydrogens (primary N) is 1. The van der Waals surface area contributed by atoms with E-state index in [1.807, 2.05) is 0 Å². The van der Waals surface area contributed by atoms with Gasteiger partial charge in [-0.25, -0.2) is 0 Å². The Morgan fingerprint density at radius 1 is 1.80 bits per heavy atom. The zero-order valence-corrected chi connectivity index (χ0v) is 4.66. The highest BCUT2D eigenvalue weighted by molar-refractivity contribution is 7.83. The molecule has 2 N–H and O–H groups in total. The van der Waals surface area contributed by atoms with Gasteiger partial charge in [0.1, 0.15) is 0 Å². The van der Waals surface area contributed by atoms with E-state index in [-0.39, 0.29) is 16.9 Å². The average Bonchev–Trinajstić information content (AvgIpc) is 0.811. The van der Waals surface area contributed by atoms with Crippen LogP contribution in [0.15, 0.2) is 0 Å². The quantitative estimate of drug-likeness (QED) is 0.301. The van der Waals surface area contributed by atoms with E-state index < -0.39 is 0 Å². The average molecular weight is 132 g/mol. The summed E-state index contributed by atoms with van der Waals surface area (Å²) in [6.07, 6.45) is 0. The Labute approximate surface area is 46.9 Å². The van der Waals surface area contributed by atoms with Crippen LogP contribution < -0.4 is 5.73 Å². The highest BCUT2D eigenvalue weighted by Gasteiger charge is 1.59. The summed E-state index contributed by atoms with van der Waals surface area (Å²) in [5.41, 5.74) is 4.61. The summed E-state index contributed by atoms with van der Waals surface area (Å²) in [7, 11) is 0. The van der Waals surface area contributed by atoms with Gasteiger partial charge < -0.3 is 5.73 Å². The number of rotatable bonds is 0.